The molecule has 0 aliphatic rings. The molecular formula is C5H7N2S. The smallest absolute Gasteiger partial charge is 0.0783 e. The minimum absolute atomic E-state index is 0.272. The predicted octanol–water partition coefficient (Wildman–Crippen LogP) is 1.48. The quantitative estimate of drug-likeness (QED) is 0.571. The highest BCUT2D eigenvalue weighted by molar-refractivity contribution is 7.03. The number of hydrogen-bond donors (Lipinski definition) is 0. The minimum Gasteiger partial charge on any atom is -0.143 e. The molecule has 1 unspecified atom stereocenters. The fraction of sp³-hybridized carbons (Fsp3) is 0.400. The Morgan fingerprint density at radius 2 is 2.62 bits per heavy atom. The van der Waals surface area contributed by atoms with Gasteiger partial charge in [0.2, 0.25) is 0 Å². The maximum absolute atomic E-state index is 3.82. The second-order valence-electron chi connectivity index (χ2n) is 1.73. The van der Waals surface area contributed by atoms with E-state index in [9.17, 15) is 0 Å². The molecule has 8 heavy (non-hydrogen) atoms. The molecule has 0 aromatic carbocycles. The van der Waals surface area contributed by atoms with Crippen molar-refractivity contribution >= 4 is 11.5 Å². The first-order chi connectivity index (χ1) is 3.80. The summed E-state index contributed by atoms with van der Waals surface area (Å²) in [6, 6.07) is 0. The van der Waals surface area contributed by atoms with E-state index in [1.54, 1.807) is 0 Å². The van der Waals surface area contributed by atoms with Gasteiger partial charge in [0.25, 0.3) is 0 Å². The van der Waals surface area contributed by atoms with E-state index in [0.717, 1.165) is 5.69 Å². The van der Waals surface area contributed by atoms with Crippen molar-refractivity contribution in [3.05, 3.63) is 18.0 Å². The number of rotatable bonds is 1. The lowest BCUT2D eigenvalue weighted by Gasteiger charge is -1.92. The number of aromatic nitrogens is 2. The normalized spacial score (nSPS) is 10.4. The van der Waals surface area contributed by atoms with Gasteiger partial charge in [-0.15, -0.1) is 5.10 Å². The summed E-state index contributed by atoms with van der Waals surface area (Å²) in [5, 5.41) is 5.74. The molecule has 2 nitrogen and oxygen atoms in total. The number of hydrogen-bond acceptors (Lipinski definition) is 3. The van der Waals surface area contributed by atoms with Crippen LogP contribution >= 0.6 is 11.5 Å². The van der Waals surface area contributed by atoms with E-state index < -0.39 is 0 Å². The van der Waals surface area contributed by atoms with Crippen LogP contribution in [0.2, 0.25) is 0 Å². The molecular weight excluding hydrogens is 120 g/mol. The molecule has 0 N–H and O–H groups in total. The first-order valence-corrected chi connectivity index (χ1v) is 3.24. The van der Waals surface area contributed by atoms with Gasteiger partial charge in [-0.1, -0.05) is 11.4 Å². The average Bonchev–Trinajstić information content (AvgIpc) is 2.12. The topological polar surface area (TPSA) is 25.8 Å². The summed E-state index contributed by atoms with van der Waals surface area (Å²) in [5.41, 5.74) is 0.981. The van der Waals surface area contributed by atoms with Gasteiger partial charge in [0.1, 0.15) is 0 Å². The van der Waals surface area contributed by atoms with Crippen molar-refractivity contribution in [2.75, 3.05) is 0 Å². The van der Waals surface area contributed by atoms with E-state index in [-0.39, 0.29) is 5.92 Å². The van der Waals surface area contributed by atoms with Gasteiger partial charge in [-0.3, -0.25) is 0 Å². The van der Waals surface area contributed by atoms with E-state index in [4.69, 9.17) is 0 Å². The van der Waals surface area contributed by atoms with Crippen molar-refractivity contribution < 1.29 is 0 Å². The molecule has 0 aliphatic carbocycles. The minimum atomic E-state index is 0.272. The zero-order chi connectivity index (χ0) is 5.98. The van der Waals surface area contributed by atoms with Gasteiger partial charge in [-0.05, 0) is 18.5 Å². The zero-order valence-electron chi connectivity index (χ0n) is 4.66. The third-order valence-electron chi connectivity index (χ3n) is 0.882. The molecule has 0 saturated carbocycles. The average molecular weight is 127 g/mol. The zero-order valence-corrected chi connectivity index (χ0v) is 5.48. The first kappa shape index (κ1) is 5.69. The molecule has 3 heteroatoms. The summed E-state index contributed by atoms with van der Waals surface area (Å²) in [7, 11) is 0. The Balaban J connectivity index is 2.77. The molecule has 1 rings (SSSR count). The summed E-state index contributed by atoms with van der Waals surface area (Å²) in [6.45, 7) is 5.78. The highest BCUT2D eigenvalue weighted by Crippen LogP contribution is 2.09. The fourth-order valence-electron chi connectivity index (χ4n) is 0.387. The van der Waals surface area contributed by atoms with Crippen LogP contribution in [0.1, 0.15) is 18.5 Å². The van der Waals surface area contributed by atoms with Crippen molar-refractivity contribution in [2.45, 2.75) is 12.8 Å². The van der Waals surface area contributed by atoms with Crippen LogP contribution < -0.4 is 0 Å². The van der Waals surface area contributed by atoms with E-state index >= 15 is 0 Å². The SMILES string of the molecule is [CH2]C(C)c1csnn1. The Kier molecular flexibility index (Phi) is 1.58. The van der Waals surface area contributed by atoms with Gasteiger partial charge < -0.3 is 0 Å². The van der Waals surface area contributed by atoms with Crippen LogP contribution in [0.4, 0.5) is 0 Å². The van der Waals surface area contributed by atoms with Crippen LogP contribution in [0, 0.1) is 6.92 Å². The second-order valence-corrected chi connectivity index (χ2v) is 2.34. The second kappa shape index (κ2) is 2.22. The summed E-state index contributed by atoms with van der Waals surface area (Å²) < 4.78 is 3.70. The highest BCUT2D eigenvalue weighted by Gasteiger charge is 1.99. The first-order valence-electron chi connectivity index (χ1n) is 2.40. The largest absolute Gasteiger partial charge is 0.143 e. The third-order valence-corrected chi connectivity index (χ3v) is 1.40. The Labute approximate surface area is 52.7 Å². The van der Waals surface area contributed by atoms with Crippen LogP contribution in [0.15, 0.2) is 5.38 Å². The Morgan fingerprint density at radius 1 is 1.88 bits per heavy atom. The Bertz CT molecular complexity index is 145. The van der Waals surface area contributed by atoms with E-state index in [2.05, 4.69) is 16.5 Å². The fourth-order valence-corrected chi connectivity index (χ4v) is 0.963. The molecule has 0 bridgehead atoms. The van der Waals surface area contributed by atoms with Crippen LogP contribution in [0.25, 0.3) is 0 Å². The molecule has 1 aromatic rings. The van der Waals surface area contributed by atoms with E-state index in [1.807, 2.05) is 12.3 Å². The van der Waals surface area contributed by atoms with Crippen LogP contribution in [-0.4, -0.2) is 9.59 Å². The molecule has 1 atom stereocenters. The Morgan fingerprint density at radius 3 is 2.88 bits per heavy atom. The Hall–Kier alpha value is -0.440. The van der Waals surface area contributed by atoms with Crippen molar-refractivity contribution in [3.8, 4) is 0 Å². The summed E-state index contributed by atoms with van der Waals surface area (Å²) in [5.74, 6) is 0.272. The monoisotopic (exact) mass is 127 g/mol. The molecule has 0 aliphatic heterocycles. The molecule has 0 amide bonds. The highest BCUT2D eigenvalue weighted by atomic mass is 32.1. The van der Waals surface area contributed by atoms with Crippen molar-refractivity contribution in [2.24, 2.45) is 0 Å². The summed E-state index contributed by atoms with van der Waals surface area (Å²) in [4.78, 5) is 0. The van der Waals surface area contributed by atoms with Crippen LogP contribution in [-0.2, 0) is 0 Å². The molecule has 0 saturated heterocycles. The lowest BCUT2D eigenvalue weighted by molar-refractivity contribution is 0.885. The summed E-state index contributed by atoms with van der Waals surface area (Å²) >= 11 is 1.37. The maximum atomic E-state index is 3.82. The van der Waals surface area contributed by atoms with Gasteiger partial charge in [0.15, 0.2) is 0 Å². The lowest BCUT2D eigenvalue weighted by atomic mass is 10.2. The van der Waals surface area contributed by atoms with Crippen LogP contribution in [0.5, 0.6) is 0 Å². The van der Waals surface area contributed by atoms with Crippen molar-refractivity contribution in [1.29, 1.82) is 0 Å². The molecule has 1 aromatic heterocycles. The van der Waals surface area contributed by atoms with Gasteiger partial charge in [0, 0.05) is 11.3 Å². The molecule has 1 heterocycles. The van der Waals surface area contributed by atoms with E-state index in [0.29, 0.717) is 0 Å². The van der Waals surface area contributed by atoms with Gasteiger partial charge in [0.05, 0.1) is 5.69 Å². The lowest BCUT2D eigenvalue weighted by Crippen LogP contribution is -1.85. The maximum Gasteiger partial charge on any atom is 0.0783 e. The molecule has 0 spiro atoms. The third kappa shape index (κ3) is 1.04. The molecule has 43 valence electrons. The van der Waals surface area contributed by atoms with Gasteiger partial charge >= 0.3 is 0 Å². The predicted molar refractivity (Wildman–Crippen MR) is 33.7 cm³/mol. The van der Waals surface area contributed by atoms with Crippen LogP contribution in [0.3, 0.4) is 0 Å². The number of nitrogens with zero attached hydrogens (tertiary/aromatic N) is 2. The standard InChI is InChI=1S/C5H7N2S/c1-4(2)5-3-8-7-6-5/h3-4H,1H2,2H3. The summed E-state index contributed by atoms with van der Waals surface area (Å²) in [6.07, 6.45) is 0. The van der Waals surface area contributed by atoms with Crippen molar-refractivity contribution in [3.63, 3.8) is 0 Å². The molecule has 1 radical (unpaired) electrons. The van der Waals surface area contributed by atoms with Gasteiger partial charge in [-0.25, -0.2) is 0 Å². The van der Waals surface area contributed by atoms with Gasteiger partial charge in [-0.2, -0.15) is 0 Å². The van der Waals surface area contributed by atoms with E-state index in [1.165, 1.54) is 11.5 Å². The molecule has 0 fully saturated rings. The van der Waals surface area contributed by atoms with Crippen molar-refractivity contribution in [1.82, 2.24) is 9.59 Å².